The Kier molecular flexibility index (Phi) is 7.59. The molecule has 2 N–H and O–H groups in total. The third-order valence-electron chi connectivity index (χ3n) is 9.69. The van der Waals surface area contributed by atoms with E-state index in [4.69, 9.17) is 16.3 Å². The Bertz CT molecular complexity index is 1480. The number of hydrogen-bond donors (Lipinski definition) is 2. The molecule has 2 aliphatic carbocycles. The average molecular weight is 600 g/mol. The number of likely N-dealkylation sites (N-methyl/N-ethyl adjacent to an activating group) is 1. The normalized spacial score (nSPS) is 31.7. The van der Waals surface area contributed by atoms with Gasteiger partial charge in [0.25, 0.3) is 15.9 Å². The second-order valence-corrected chi connectivity index (χ2v) is 14.4. The second-order valence-electron chi connectivity index (χ2n) is 12.2. The van der Waals surface area contributed by atoms with Gasteiger partial charge in [-0.25, -0.2) is 13.1 Å². The molecule has 220 valence electrons. The number of amides is 1. The first-order chi connectivity index (χ1) is 19.6. The Labute approximate surface area is 247 Å². The van der Waals surface area contributed by atoms with Crippen molar-refractivity contribution in [2.45, 2.75) is 61.5 Å². The van der Waals surface area contributed by atoms with Gasteiger partial charge in [-0.3, -0.25) is 9.69 Å². The van der Waals surface area contributed by atoms with Gasteiger partial charge in [0.2, 0.25) is 0 Å². The minimum Gasteiger partial charge on any atom is -0.490 e. The molecule has 0 aromatic heterocycles. The molecule has 1 amide bonds. The summed E-state index contributed by atoms with van der Waals surface area (Å²) in [6, 6.07) is 10.3. The number of halogens is 1. The maximum atomic E-state index is 13.4. The Morgan fingerprint density at radius 2 is 2.00 bits per heavy atom. The summed E-state index contributed by atoms with van der Waals surface area (Å²) in [7, 11) is -2.36. The van der Waals surface area contributed by atoms with Crippen molar-refractivity contribution in [1.29, 1.82) is 0 Å². The van der Waals surface area contributed by atoms with Crippen LogP contribution in [0.4, 0.5) is 5.69 Å². The molecule has 1 spiro atoms. The highest BCUT2D eigenvalue weighted by Gasteiger charge is 2.44. The molecule has 1 fully saturated rings. The molecule has 4 aliphatic rings. The molecular formula is C31H38ClN3O5S. The lowest BCUT2D eigenvalue weighted by Crippen LogP contribution is -2.49. The zero-order chi connectivity index (χ0) is 28.9. The number of sulfonamides is 1. The summed E-state index contributed by atoms with van der Waals surface area (Å²) in [6.45, 7) is 3.88. The zero-order valence-corrected chi connectivity index (χ0v) is 25.1. The van der Waals surface area contributed by atoms with E-state index in [1.54, 1.807) is 31.0 Å². The molecule has 1 saturated carbocycles. The number of aliphatic hydroxyl groups excluding tert-OH is 1. The first kappa shape index (κ1) is 28.5. The predicted molar refractivity (Wildman–Crippen MR) is 159 cm³/mol. The van der Waals surface area contributed by atoms with Gasteiger partial charge < -0.3 is 14.7 Å². The quantitative estimate of drug-likeness (QED) is 0.443. The topological polar surface area (TPSA) is 99.2 Å². The summed E-state index contributed by atoms with van der Waals surface area (Å²) < 4.78 is 35.6. The van der Waals surface area contributed by atoms with Gasteiger partial charge in [0.05, 0.1) is 29.3 Å². The maximum absolute atomic E-state index is 13.4. The van der Waals surface area contributed by atoms with Crippen molar-refractivity contribution in [1.82, 2.24) is 9.62 Å². The number of nitrogens with one attached hydrogen (secondary N) is 1. The summed E-state index contributed by atoms with van der Waals surface area (Å²) in [6.07, 6.45) is 7.94. The van der Waals surface area contributed by atoms with Crippen molar-refractivity contribution in [3.63, 3.8) is 0 Å². The van der Waals surface area contributed by atoms with E-state index < -0.39 is 28.1 Å². The Morgan fingerprint density at radius 3 is 2.78 bits per heavy atom. The summed E-state index contributed by atoms with van der Waals surface area (Å²) in [5.74, 6) is 0.374. The average Bonchev–Trinajstić information content (AvgIpc) is 3.06. The van der Waals surface area contributed by atoms with E-state index in [0.717, 1.165) is 37.1 Å². The number of anilines is 1. The first-order valence-corrected chi connectivity index (χ1v) is 16.3. The van der Waals surface area contributed by atoms with Gasteiger partial charge in [0.1, 0.15) is 5.75 Å². The van der Waals surface area contributed by atoms with Crippen LogP contribution >= 0.6 is 11.6 Å². The fraction of sp³-hybridized carbons (Fsp3) is 0.516. The van der Waals surface area contributed by atoms with Crippen molar-refractivity contribution in [3.8, 4) is 5.75 Å². The molecule has 10 heteroatoms. The smallest absolute Gasteiger partial charge is 0.264 e. The molecule has 2 bridgehead atoms. The van der Waals surface area contributed by atoms with Crippen LogP contribution in [-0.4, -0.2) is 69.8 Å². The van der Waals surface area contributed by atoms with Gasteiger partial charge in [-0.05, 0) is 99.4 Å². The van der Waals surface area contributed by atoms with Gasteiger partial charge in [0.15, 0.2) is 0 Å². The third kappa shape index (κ3) is 5.38. The summed E-state index contributed by atoms with van der Waals surface area (Å²) >= 11 is 6.37. The van der Waals surface area contributed by atoms with Crippen LogP contribution in [0.1, 0.15) is 43.7 Å². The maximum Gasteiger partial charge on any atom is 0.264 e. The van der Waals surface area contributed by atoms with Crippen LogP contribution in [0.25, 0.3) is 0 Å². The SMILES string of the molecule is C[C@@H]1C(=O)NS(=O)(=O)c2ccc3c(c2)N(C[C@@H]2CC[C@H]2[C@@H](O)C=CCN1C)C[C@@]1(CCCc2cc(Cl)ccc21)CO3. The number of benzene rings is 2. The van der Waals surface area contributed by atoms with Gasteiger partial charge in [-0.2, -0.15) is 0 Å². The number of aryl methyl sites for hydroxylation is 1. The summed E-state index contributed by atoms with van der Waals surface area (Å²) in [5, 5.41) is 11.8. The van der Waals surface area contributed by atoms with Crippen LogP contribution in [0.15, 0.2) is 53.4 Å². The lowest BCUT2D eigenvalue weighted by atomic mass is 9.68. The molecular weight excluding hydrogens is 562 g/mol. The molecule has 0 radical (unpaired) electrons. The van der Waals surface area contributed by atoms with Crippen molar-refractivity contribution in [2.75, 3.05) is 38.2 Å². The van der Waals surface area contributed by atoms with E-state index >= 15 is 0 Å². The lowest BCUT2D eigenvalue weighted by Gasteiger charge is -2.45. The molecule has 41 heavy (non-hydrogen) atoms. The zero-order valence-electron chi connectivity index (χ0n) is 23.6. The van der Waals surface area contributed by atoms with Crippen molar-refractivity contribution in [2.24, 2.45) is 11.8 Å². The fourth-order valence-electron chi connectivity index (χ4n) is 6.96. The van der Waals surface area contributed by atoms with Gasteiger partial charge in [-0.1, -0.05) is 29.8 Å². The van der Waals surface area contributed by atoms with Crippen LogP contribution < -0.4 is 14.4 Å². The monoisotopic (exact) mass is 599 g/mol. The molecule has 6 rings (SSSR count). The fourth-order valence-corrected chi connectivity index (χ4v) is 8.22. The highest BCUT2D eigenvalue weighted by molar-refractivity contribution is 7.90. The van der Waals surface area contributed by atoms with E-state index in [2.05, 4.69) is 21.8 Å². The summed E-state index contributed by atoms with van der Waals surface area (Å²) in [4.78, 5) is 17.0. The number of nitrogens with zero attached hydrogens (tertiary/aromatic N) is 2. The first-order valence-electron chi connectivity index (χ1n) is 14.5. The Balaban J connectivity index is 1.44. The molecule has 8 nitrogen and oxygen atoms in total. The molecule has 2 aromatic rings. The minimum absolute atomic E-state index is 0.0250. The predicted octanol–water partition coefficient (Wildman–Crippen LogP) is 3.90. The van der Waals surface area contributed by atoms with Gasteiger partial charge in [0, 0.05) is 30.1 Å². The number of aliphatic hydroxyl groups is 1. The van der Waals surface area contributed by atoms with E-state index in [-0.39, 0.29) is 22.1 Å². The van der Waals surface area contributed by atoms with Crippen LogP contribution in [0, 0.1) is 11.8 Å². The van der Waals surface area contributed by atoms with E-state index in [9.17, 15) is 18.3 Å². The number of ether oxygens (including phenoxy) is 1. The van der Waals surface area contributed by atoms with Crippen LogP contribution in [0.5, 0.6) is 5.75 Å². The number of carbonyl (C=O) groups excluding carboxylic acids is 1. The molecule has 0 unspecified atom stereocenters. The number of hydrogen-bond acceptors (Lipinski definition) is 7. The standard InChI is InChI=1S/C31H38ClN3O5S/c1-20-30(37)33-41(38,39)24-9-12-29-27(16-24)35(17-22-7-10-25(22)28(36)6-4-14-34(20)2)18-31(19-40-29)13-3-5-21-15-23(32)8-11-26(21)31/h4,6,8-9,11-12,15-16,20,22,25,28,36H,3,5,7,10,13-14,17-19H2,1-2H3,(H,33,37)/t20-,22+,25-,28+,31+/m1/s1. The number of fused-ring (bicyclic) bond motifs is 4. The van der Waals surface area contributed by atoms with Crippen LogP contribution in [-0.2, 0) is 26.7 Å². The summed E-state index contributed by atoms with van der Waals surface area (Å²) in [5.41, 5.74) is 2.88. The largest absolute Gasteiger partial charge is 0.490 e. The molecule has 5 atom stereocenters. The van der Waals surface area contributed by atoms with Crippen molar-refractivity contribution in [3.05, 3.63) is 64.7 Å². The van der Waals surface area contributed by atoms with E-state index in [1.165, 1.54) is 17.2 Å². The van der Waals surface area contributed by atoms with E-state index in [1.807, 2.05) is 18.2 Å². The van der Waals surface area contributed by atoms with Crippen molar-refractivity contribution >= 4 is 33.2 Å². The van der Waals surface area contributed by atoms with E-state index in [0.29, 0.717) is 37.7 Å². The van der Waals surface area contributed by atoms with Crippen molar-refractivity contribution < 1.29 is 23.1 Å². The molecule has 2 aromatic carbocycles. The Morgan fingerprint density at radius 1 is 1.17 bits per heavy atom. The van der Waals surface area contributed by atoms with Crippen LogP contribution in [0.3, 0.4) is 0 Å². The molecule has 0 saturated heterocycles. The Hall–Kier alpha value is -2.59. The number of carbonyl (C=O) groups is 1. The second kappa shape index (κ2) is 10.9. The van der Waals surface area contributed by atoms with Crippen LogP contribution in [0.2, 0.25) is 5.02 Å². The number of rotatable bonds is 0. The minimum atomic E-state index is -4.12. The molecule has 2 aliphatic heterocycles. The highest BCUT2D eigenvalue weighted by atomic mass is 35.5. The highest BCUT2D eigenvalue weighted by Crippen LogP contribution is 2.47. The lowest BCUT2D eigenvalue weighted by molar-refractivity contribution is -0.123. The third-order valence-corrected chi connectivity index (χ3v) is 11.3. The molecule has 2 heterocycles. The van der Waals surface area contributed by atoms with Gasteiger partial charge >= 0.3 is 0 Å². The van der Waals surface area contributed by atoms with Gasteiger partial charge in [-0.15, -0.1) is 0 Å².